The third-order valence-electron chi connectivity index (χ3n) is 3.83. The second-order valence-corrected chi connectivity index (χ2v) is 6.36. The molecule has 23 heavy (non-hydrogen) atoms. The highest BCUT2D eigenvalue weighted by Gasteiger charge is 2.38. The van der Waals surface area contributed by atoms with Gasteiger partial charge in [0.2, 0.25) is 5.91 Å². The van der Waals surface area contributed by atoms with Gasteiger partial charge >= 0.3 is 0 Å². The fourth-order valence-corrected chi connectivity index (χ4v) is 3.35. The Balaban J connectivity index is 2.12. The minimum atomic E-state index is -0.529. The van der Waals surface area contributed by atoms with Crippen molar-refractivity contribution in [1.29, 1.82) is 0 Å². The number of hydrogen-bond acceptors (Lipinski definition) is 3. The first kappa shape index (κ1) is 15.7. The SMILES string of the molecule is CCC[C@H]1C(=O)Nc2cccc(Br)c2N1C(=O)c1cnn(C)c1. The van der Waals surface area contributed by atoms with Crippen LogP contribution in [0.1, 0.15) is 30.1 Å². The van der Waals surface area contributed by atoms with Crippen LogP contribution in [0.25, 0.3) is 0 Å². The van der Waals surface area contributed by atoms with E-state index in [1.807, 2.05) is 19.1 Å². The molecule has 2 amide bonds. The van der Waals surface area contributed by atoms with Gasteiger partial charge in [0, 0.05) is 17.7 Å². The van der Waals surface area contributed by atoms with Crippen molar-refractivity contribution in [3.8, 4) is 0 Å². The monoisotopic (exact) mass is 376 g/mol. The first-order chi connectivity index (χ1) is 11.0. The molecule has 1 aromatic carbocycles. The molecule has 0 radical (unpaired) electrons. The van der Waals surface area contributed by atoms with Crippen LogP contribution in [-0.2, 0) is 11.8 Å². The molecule has 1 aliphatic heterocycles. The van der Waals surface area contributed by atoms with Gasteiger partial charge in [-0.25, -0.2) is 0 Å². The van der Waals surface area contributed by atoms with Gasteiger partial charge in [-0.1, -0.05) is 19.4 Å². The van der Waals surface area contributed by atoms with Crippen LogP contribution >= 0.6 is 15.9 Å². The molecule has 1 aliphatic rings. The number of hydrogen-bond donors (Lipinski definition) is 1. The lowest BCUT2D eigenvalue weighted by Gasteiger charge is -2.36. The van der Waals surface area contributed by atoms with Crippen molar-refractivity contribution in [1.82, 2.24) is 9.78 Å². The highest BCUT2D eigenvalue weighted by atomic mass is 79.9. The first-order valence-electron chi connectivity index (χ1n) is 7.44. The summed E-state index contributed by atoms with van der Waals surface area (Å²) in [6, 6.07) is 4.96. The molecule has 0 spiro atoms. The number of benzene rings is 1. The average Bonchev–Trinajstić information content (AvgIpc) is 2.95. The van der Waals surface area contributed by atoms with Crippen LogP contribution in [0.4, 0.5) is 11.4 Å². The summed E-state index contributed by atoms with van der Waals surface area (Å²) in [5.74, 6) is -0.380. The van der Waals surface area contributed by atoms with Crippen LogP contribution in [0.15, 0.2) is 35.1 Å². The average molecular weight is 377 g/mol. The Labute approximate surface area is 142 Å². The highest BCUT2D eigenvalue weighted by molar-refractivity contribution is 9.10. The second kappa shape index (κ2) is 6.16. The van der Waals surface area contributed by atoms with Crippen LogP contribution in [0.3, 0.4) is 0 Å². The third kappa shape index (κ3) is 2.76. The molecule has 2 aromatic rings. The smallest absolute Gasteiger partial charge is 0.262 e. The molecule has 0 saturated carbocycles. The summed E-state index contributed by atoms with van der Waals surface area (Å²) in [6.45, 7) is 2.00. The molecule has 7 heteroatoms. The number of nitrogens with one attached hydrogen (secondary N) is 1. The van der Waals surface area contributed by atoms with Crippen molar-refractivity contribution in [2.24, 2.45) is 7.05 Å². The van der Waals surface area contributed by atoms with Crippen LogP contribution in [0, 0.1) is 0 Å². The Bertz CT molecular complexity index is 771. The van der Waals surface area contributed by atoms with Gasteiger partial charge in [0.25, 0.3) is 5.91 Å². The Morgan fingerprint density at radius 3 is 2.87 bits per heavy atom. The predicted octanol–water partition coefficient (Wildman–Crippen LogP) is 2.95. The van der Waals surface area contributed by atoms with E-state index in [9.17, 15) is 9.59 Å². The number of aryl methyl sites for hydroxylation is 1. The predicted molar refractivity (Wildman–Crippen MR) is 91.5 cm³/mol. The van der Waals surface area contributed by atoms with Crippen molar-refractivity contribution in [3.05, 3.63) is 40.6 Å². The van der Waals surface area contributed by atoms with Gasteiger partial charge in [0.05, 0.1) is 23.1 Å². The lowest BCUT2D eigenvalue weighted by atomic mass is 10.0. The van der Waals surface area contributed by atoms with Gasteiger partial charge in [0.1, 0.15) is 6.04 Å². The second-order valence-electron chi connectivity index (χ2n) is 5.51. The number of amides is 2. The van der Waals surface area contributed by atoms with E-state index in [-0.39, 0.29) is 11.8 Å². The van der Waals surface area contributed by atoms with Gasteiger partial charge in [-0.3, -0.25) is 19.2 Å². The summed E-state index contributed by atoms with van der Waals surface area (Å²) in [5.41, 5.74) is 1.79. The molecule has 0 saturated heterocycles. The van der Waals surface area contributed by atoms with Gasteiger partial charge < -0.3 is 5.32 Å². The summed E-state index contributed by atoms with van der Waals surface area (Å²) in [5, 5.41) is 6.95. The van der Waals surface area contributed by atoms with Crippen molar-refractivity contribution < 1.29 is 9.59 Å². The lowest BCUT2D eigenvalue weighted by Crippen LogP contribution is -2.51. The van der Waals surface area contributed by atoms with E-state index in [0.717, 1.165) is 10.9 Å². The zero-order valence-corrected chi connectivity index (χ0v) is 14.5. The summed E-state index contributed by atoms with van der Waals surface area (Å²) < 4.78 is 2.35. The summed E-state index contributed by atoms with van der Waals surface area (Å²) >= 11 is 3.50. The zero-order valence-electron chi connectivity index (χ0n) is 12.9. The van der Waals surface area contributed by atoms with Gasteiger partial charge in [-0.15, -0.1) is 0 Å². The van der Waals surface area contributed by atoms with E-state index in [1.165, 1.54) is 6.20 Å². The number of carbonyl (C=O) groups excluding carboxylic acids is 2. The largest absolute Gasteiger partial charge is 0.322 e. The van der Waals surface area contributed by atoms with Crippen LogP contribution < -0.4 is 10.2 Å². The van der Waals surface area contributed by atoms with Crippen LogP contribution in [0.2, 0.25) is 0 Å². The molecule has 6 nitrogen and oxygen atoms in total. The zero-order chi connectivity index (χ0) is 16.6. The Kier molecular flexibility index (Phi) is 4.21. The number of carbonyl (C=O) groups is 2. The lowest BCUT2D eigenvalue weighted by molar-refractivity contribution is -0.117. The third-order valence-corrected chi connectivity index (χ3v) is 4.47. The van der Waals surface area contributed by atoms with E-state index in [1.54, 1.807) is 28.9 Å². The Morgan fingerprint density at radius 1 is 1.43 bits per heavy atom. The van der Waals surface area contributed by atoms with Crippen molar-refractivity contribution >= 4 is 39.1 Å². The first-order valence-corrected chi connectivity index (χ1v) is 8.23. The number of anilines is 2. The summed E-state index contributed by atoms with van der Waals surface area (Å²) in [6.07, 6.45) is 4.58. The van der Waals surface area contributed by atoms with Gasteiger partial charge in [-0.05, 0) is 34.5 Å². The molecule has 1 N–H and O–H groups in total. The molecule has 0 bridgehead atoms. The van der Waals surface area contributed by atoms with Gasteiger partial charge in [0.15, 0.2) is 0 Å². The van der Waals surface area contributed by atoms with Crippen molar-refractivity contribution in [2.75, 3.05) is 10.2 Å². The number of aromatic nitrogens is 2. The normalized spacial score (nSPS) is 16.9. The maximum absolute atomic E-state index is 13.0. The molecule has 120 valence electrons. The fourth-order valence-electron chi connectivity index (χ4n) is 2.80. The topological polar surface area (TPSA) is 67.2 Å². The van der Waals surface area contributed by atoms with E-state index in [4.69, 9.17) is 0 Å². The Morgan fingerprint density at radius 2 is 2.22 bits per heavy atom. The number of rotatable bonds is 3. The van der Waals surface area contributed by atoms with E-state index in [2.05, 4.69) is 26.3 Å². The Hall–Kier alpha value is -2.15. The maximum Gasteiger partial charge on any atom is 0.262 e. The molecular weight excluding hydrogens is 360 g/mol. The number of nitrogens with zero attached hydrogens (tertiary/aromatic N) is 3. The quantitative estimate of drug-likeness (QED) is 0.895. The van der Waals surface area contributed by atoms with Gasteiger partial charge in [-0.2, -0.15) is 5.10 Å². The summed E-state index contributed by atoms with van der Waals surface area (Å²) in [4.78, 5) is 27.1. The number of halogens is 1. The molecule has 1 aromatic heterocycles. The molecule has 0 unspecified atom stereocenters. The molecule has 1 atom stereocenters. The van der Waals surface area contributed by atoms with Crippen LogP contribution in [-0.4, -0.2) is 27.6 Å². The standard InChI is InChI=1S/C16H17BrN4O2/c1-3-5-13-15(22)19-12-7-4-6-11(17)14(12)21(13)16(23)10-8-18-20(2)9-10/h4,6-9,13H,3,5H2,1-2H3,(H,19,22)/t13-/m0/s1. The maximum atomic E-state index is 13.0. The number of fused-ring (bicyclic) bond motifs is 1. The van der Waals surface area contributed by atoms with Crippen molar-refractivity contribution in [2.45, 2.75) is 25.8 Å². The van der Waals surface area contributed by atoms with E-state index in [0.29, 0.717) is 23.4 Å². The minimum absolute atomic E-state index is 0.158. The fraction of sp³-hybridized carbons (Fsp3) is 0.312. The highest BCUT2D eigenvalue weighted by Crippen LogP contribution is 2.40. The minimum Gasteiger partial charge on any atom is -0.322 e. The summed E-state index contributed by atoms with van der Waals surface area (Å²) in [7, 11) is 1.76. The molecular formula is C16H17BrN4O2. The van der Waals surface area contributed by atoms with E-state index >= 15 is 0 Å². The molecule has 3 rings (SSSR count). The number of para-hydroxylation sites is 1. The molecule has 0 aliphatic carbocycles. The molecule has 0 fully saturated rings. The van der Waals surface area contributed by atoms with Crippen LogP contribution in [0.5, 0.6) is 0 Å². The molecule has 2 heterocycles. The van der Waals surface area contributed by atoms with E-state index < -0.39 is 6.04 Å². The van der Waals surface area contributed by atoms with Crippen molar-refractivity contribution in [3.63, 3.8) is 0 Å².